The average Bonchev–Trinajstić information content (AvgIpc) is 2.62. The Kier molecular flexibility index (Phi) is 7.01. The number of hydrogen-bond acceptors (Lipinski definition) is 5. The summed E-state index contributed by atoms with van der Waals surface area (Å²) in [6, 6.07) is 15.5. The van der Waals surface area contributed by atoms with E-state index in [0.29, 0.717) is 17.0 Å². The van der Waals surface area contributed by atoms with Crippen LogP contribution in [0.25, 0.3) is 0 Å². The van der Waals surface area contributed by atoms with Gasteiger partial charge in [0.15, 0.2) is 6.10 Å². The fourth-order valence-corrected chi connectivity index (χ4v) is 2.23. The first kappa shape index (κ1) is 19.3. The molecule has 6 nitrogen and oxygen atoms in total. The van der Waals surface area contributed by atoms with E-state index in [4.69, 9.17) is 26.3 Å². The van der Waals surface area contributed by atoms with Gasteiger partial charge in [-0.1, -0.05) is 29.8 Å². The largest absolute Gasteiger partial charge is 0.493 e. The molecule has 0 fully saturated rings. The van der Waals surface area contributed by atoms with Crippen LogP contribution in [0.5, 0.6) is 5.75 Å². The van der Waals surface area contributed by atoms with Crippen molar-refractivity contribution in [3.8, 4) is 11.8 Å². The van der Waals surface area contributed by atoms with Crippen LogP contribution in [0.2, 0.25) is 5.02 Å². The number of esters is 1. The summed E-state index contributed by atoms with van der Waals surface area (Å²) in [6.07, 6.45) is -0.955. The first-order valence-electron chi connectivity index (χ1n) is 7.87. The molecule has 7 heteroatoms. The highest BCUT2D eigenvalue weighted by atomic mass is 35.5. The monoisotopic (exact) mass is 372 g/mol. The molecule has 0 radical (unpaired) electrons. The minimum atomic E-state index is -0.978. The van der Waals surface area contributed by atoms with Gasteiger partial charge in [-0.25, -0.2) is 0 Å². The zero-order valence-corrected chi connectivity index (χ0v) is 14.8. The molecule has 0 heterocycles. The van der Waals surface area contributed by atoms with Crippen LogP contribution in [-0.4, -0.2) is 24.6 Å². The van der Waals surface area contributed by atoms with Crippen molar-refractivity contribution in [3.63, 3.8) is 0 Å². The number of hydrogen-bond donors (Lipinski definition) is 1. The number of carbonyl (C=O) groups is 2. The van der Waals surface area contributed by atoms with Gasteiger partial charge in [0.05, 0.1) is 23.6 Å². The van der Waals surface area contributed by atoms with E-state index in [9.17, 15) is 9.59 Å². The van der Waals surface area contributed by atoms with E-state index in [-0.39, 0.29) is 18.1 Å². The van der Waals surface area contributed by atoms with Crippen LogP contribution in [0.4, 0.5) is 5.69 Å². The second-order valence-corrected chi connectivity index (χ2v) is 5.75. The van der Waals surface area contributed by atoms with E-state index in [1.54, 1.807) is 18.2 Å². The molecule has 0 saturated heterocycles. The molecule has 0 bridgehead atoms. The van der Waals surface area contributed by atoms with Crippen molar-refractivity contribution < 1.29 is 19.1 Å². The maximum Gasteiger partial charge on any atom is 0.310 e. The average molecular weight is 373 g/mol. The zero-order valence-electron chi connectivity index (χ0n) is 14.1. The Balaban J connectivity index is 1.78. The maximum atomic E-state index is 12.1. The van der Waals surface area contributed by atoms with Gasteiger partial charge in [0, 0.05) is 5.69 Å². The van der Waals surface area contributed by atoms with Crippen molar-refractivity contribution in [2.45, 2.75) is 19.4 Å². The lowest BCUT2D eigenvalue weighted by Crippen LogP contribution is -2.30. The van der Waals surface area contributed by atoms with Crippen molar-refractivity contribution in [2.75, 3.05) is 11.9 Å². The fraction of sp³-hybridized carbons (Fsp3) is 0.211. The Morgan fingerprint density at radius 1 is 1.23 bits per heavy atom. The van der Waals surface area contributed by atoms with Gasteiger partial charge < -0.3 is 14.8 Å². The zero-order chi connectivity index (χ0) is 18.9. The molecule has 0 aliphatic heterocycles. The third-order valence-electron chi connectivity index (χ3n) is 3.35. The summed E-state index contributed by atoms with van der Waals surface area (Å²) < 4.78 is 10.5. The lowest BCUT2D eigenvalue weighted by atomic mass is 10.2. The second kappa shape index (κ2) is 9.44. The molecule has 0 aliphatic carbocycles. The van der Waals surface area contributed by atoms with Crippen molar-refractivity contribution in [1.29, 1.82) is 5.26 Å². The normalized spacial score (nSPS) is 11.1. The highest BCUT2D eigenvalue weighted by molar-refractivity contribution is 6.32. The number of nitriles is 1. The van der Waals surface area contributed by atoms with Gasteiger partial charge in [-0.15, -0.1) is 0 Å². The first-order chi connectivity index (χ1) is 12.5. The number of para-hydroxylation sites is 1. The highest BCUT2D eigenvalue weighted by Crippen LogP contribution is 2.20. The third-order valence-corrected chi connectivity index (χ3v) is 3.67. The predicted octanol–water partition coefficient (Wildman–Crippen LogP) is 3.55. The summed E-state index contributed by atoms with van der Waals surface area (Å²) in [6.45, 7) is 1.62. The molecule has 1 atom stereocenters. The number of anilines is 1. The van der Waals surface area contributed by atoms with Gasteiger partial charge in [0.25, 0.3) is 5.91 Å². The molecule has 134 valence electrons. The molecular formula is C19H17ClN2O4. The Morgan fingerprint density at radius 2 is 1.96 bits per heavy atom. The summed E-state index contributed by atoms with van der Waals surface area (Å²) in [7, 11) is 0. The van der Waals surface area contributed by atoms with Crippen LogP contribution in [0.1, 0.15) is 18.9 Å². The van der Waals surface area contributed by atoms with Gasteiger partial charge in [-0.2, -0.15) is 5.26 Å². The summed E-state index contributed by atoms with van der Waals surface area (Å²) in [5, 5.41) is 11.6. The third kappa shape index (κ3) is 5.80. The van der Waals surface area contributed by atoms with Crippen LogP contribution in [0, 0.1) is 11.3 Å². The molecule has 1 N–H and O–H groups in total. The molecule has 0 spiro atoms. The molecule has 0 unspecified atom stereocenters. The van der Waals surface area contributed by atoms with Crippen molar-refractivity contribution >= 4 is 29.2 Å². The van der Waals surface area contributed by atoms with E-state index in [1.165, 1.54) is 19.1 Å². The molecular weight excluding hydrogens is 356 g/mol. The topological polar surface area (TPSA) is 88.4 Å². The Morgan fingerprint density at radius 3 is 2.62 bits per heavy atom. The summed E-state index contributed by atoms with van der Waals surface area (Å²) in [5.74, 6) is -0.381. The van der Waals surface area contributed by atoms with Crippen LogP contribution in [0.15, 0.2) is 48.5 Å². The molecule has 0 aromatic heterocycles. The minimum absolute atomic E-state index is 0.0230. The Bertz CT molecular complexity index is 818. The number of carbonyl (C=O) groups excluding carboxylic acids is 2. The van der Waals surface area contributed by atoms with Crippen LogP contribution in [-0.2, 0) is 14.3 Å². The lowest BCUT2D eigenvalue weighted by molar-refractivity contribution is -0.153. The van der Waals surface area contributed by atoms with E-state index < -0.39 is 18.0 Å². The SMILES string of the molecule is C[C@@H](OC(=O)CCOc1ccccc1)C(=O)Nc1ccc(C#N)c(Cl)c1. The van der Waals surface area contributed by atoms with Gasteiger partial charge >= 0.3 is 5.97 Å². The molecule has 0 saturated carbocycles. The summed E-state index contributed by atoms with van der Waals surface area (Å²) in [5.41, 5.74) is 0.719. The van der Waals surface area contributed by atoms with E-state index in [2.05, 4.69) is 5.32 Å². The molecule has 2 aromatic carbocycles. The van der Waals surface area contributed by atoms with Crippen LogP contribution in [0.3, 0.4) is 0 Å². The quantitative estimate of drug-likeness (QED) is 0.751. The van der Waals surface area contributed by atoms with Gasteiger partial charge in [-0.3, -0.25) is 9.59 Å². The highest BCUT2D eigenvalue weighted by Gasteiger charge is 2.18. The second-order valence-electron chi connectivity index (χ2n) is 5.34. The molecule has 2 rings (SSSR count). The fourth-order valence-electron chi connectivity index (χ4n) is 2.01. The van der Waals surface area contributed by atoms with E-state index >= 15 is 0 Å². The Hall–Kier alpha value is -3.04. The Labute approximate surface area is 156 Å². The number of amides is 1. The number of nitrogens with zero attached hydrogens (tertiary/aromatic N) is 1. The number of nitrogens with one attached hydrogen (secondary N) is 1. The van der Waals surface area contributed by atoms with Crippen molar-refractivity contribution in [3.05, 3.63) is 59.1 Å². The maximum absolute atomic E-state index is 12.1. The first-order valence-corrected chi connectivity index (χ1v) is 8.25. The number of rotatable bonds is 7. The number of benzene rings is 2. The summed E-state index contributed by atoms with van der Waals surface area (Å²) in [4.78, 5) is 23.9. The van der Waals surface area contributed by atoms with Gasteiger partial charge in [0.2, 0.25) is 0 Å². The van der Waals surface area contributed by atoms with Gasteiger partial charge in [0.1, 0.15) is 11.8 Å². The van der Waals surface area contributed by atoms with Gasteiger partial charge in [-0.05, 0) is 37.3 Å². The standard InChI is InChI=1S/C19H17ClN2O4/c1-13(19(24)22-15-8-7-14(12-21)17(20)11-15)26-18(23)9-10-25-16-5-3-2-4-6-16/h2-8,11,13H,9-10H2,1H3,(H,22,24)/t13-/m1/s1. The smallest absolute Gasteiger partial charge is 0.310 e. The van der Waals surface area contributed by atoms with E-state index in [0.717, 1.165) is 0 Å². The van der Waals surface area contributed by atoms with Crippen molar-refractivity contribution in [2.24, 2.45) is 0 Å². The van der Waals surface area contributed by atoms with Crippen LogP contribution < -0.4 is 10.1 Å². The lowest BCUT2D eigenvalue weighted by Gasteiger charge is -2.14. The predicted molar refractivity (Wildman–Crippen MR) is 96.9 cm³/mol. The molecule has 0 aliphatic rings. The summed E-state index contributed by atoms with van der Waals surface area (Å²) >= 11 is 5.91. The minimum Gasteiger partial charge on any atom is -0.493 e. The molecule has 2 aromatic rings. The number of ether oxygens (including phenoxy) is 2. The van der Waals surface area contributed by atoms with E-state index in [1.807, 2.05) is 24.3 Å². The number of halogens is 1. The molecule has 1 amide bonds. The van der Waals surface area contributed by atoms with Crippen molar-refractivity contribution in [1.82, 2.24) is 0 Å². The molecule has 26 heavy (non-hydrogen) atoms. The van der Waals surface area contributed by atoms with Crippen LogP contribution >= 0.6 is 11.6 Å².